The molecule has 12 heavy (non-hydrogen) atoms. The Morgan fingerprint density at radius 1 is 1.42 bits per heavy atom. The molecule has 0 saturated carbocycles. The Hall–Kier alpha value is -1.02. The predicted molar refractivity (Wildman–Crippen MR) is 47.2 cm³/mol. The van der Waals surface area contributed by atoms with Crippen molar-refractivity contribution in [2.75, 3.05) is 0 Å². The Kier molecular flexibility index (Phi) is 2.71. The van der Waals surface area contributed by atoms with Crippen LogP contribution in [0, 0.1) is 13.8 Å². The van der Waals surface area contributed by atoms with E-state index in [1.807, 2.05) is 26.0 Å². The van der Waals surface area contributed by atoms with Crippen molar-refractivity contribution in [3.8, 4) is 0 Å². The topological polar surface area (TPSA) is 26.3 Å². The standard InChI is InChI=1S/C9H9ClO2/c1-6-3-4-7(2)8(5-6)9(11)12-10/h3-5H,1-2H3. The van der Waals surface area contributed by atoms with Crippen molar-refractivity contribution in [3.63, 3.8) is 0 Å². The van der Waals surface area contributed by atoms with Gasteiger partial charge in [-0.1, -0.05) is 17.7 Å². The zero-order valence-corrected chi connectivity index (χ0v) is 7.68. The summed E-state index contributed by atoms with van der Waals surface area (Å²) in [6.07, 6.45) is 0. The molecule has 3 heteroatoms. The van der Waals surface area contributed by atoms with E-state index in [4.69, 9.17) is 11.9 Å². The van der Waals surface area contributed by atoms with Crippen molar-refractivity contribution >= 4 is 17.8 Å². The maximum atomic E-state index is 11.0. The lowest BCUT2D eigenvalue weighted by Crippen LogP contribution is -2.01. The van der Waals surface area contributed by atoms with E-state index in [0.717, 1.165) is 11.1 Å². The van der Waals surface area contributed by atoms with E-state index in [0.29, 0.717) is 5.56 Å². The fraction of sp³-hybridized carbons (Fsp3) is 0.222. The summed E-state index contributed by atoms with van der Waals surface area (Å²) in [6.45, 7) is 3.74. The van der Waals surface area contributed by atoms with Gasteiger partial charge in [0.25, 0.3) is 0 Å². The molecule has 1 aromatic carbocycles. The Morgan fingerprint density at radius 2 is 2.08 bits per heavy atom. The van der Waals surface area contributed by atoms with Crippen LogP contribution in [0.25, 0.3) is 0 Å². The molecule has 2 nitrogen and oxygen atoms in total. The molecule has 0 aliphatic heterocycles. The Balaban J connectivity index is 3.13. The minimum atomic E-state index is -0.502. The van der Waals surface area contributed by atoms with Crippen LogP contribution in [0.4, 0.5) is 0 Å². The fourth-order valence-corrected chi connectivity index (χ4v) is 1.08. The third-order valence-electron chi connectivity index (χ3n) is 1.68. The quantitative estimate of drug-likeness (QED) is 0.671. The molecular weight excluding hydrogens is 176 g/mol. The number of carbonyl (C=O) groups is 1. The zero-order valence-electron chi connectivity index (χ0n) is 6.93. The van der Waals surface area contributed by atoms with Crippen LogP contribution in [-0.2, 0) is 4.29 Å². The van der Waals surface area contributed by atoms with Gasteiger partial charge in [0.1, 0.15) is 11.9 Å². The molecule has 64 valence electrons. The summed E-state index contributed by atoms with van der Waals surface area (Å²) >= 11 is 4.96. The second kappa shape index (κ2) is 3.59. The van der Waals surface area contributed by atoms with Gasteiger partial charge in [0.2, 0.25) is 0 Å². The van der Waals surface area contributed by atoms with E-state index in [1.165, 1.54) is 0 Å². The van der Waals surface area contributed by atoms with E-state index >= 15 is 0 Å². The molecule has 0 N–H and O–H groups in total. The molecule has 1 aromatic rings. The first-order valence-electron chi connectivity index (χ1n) is 3.55. The van der Waals surface area contributed by atoms with E-state index < -0.39 is 5.97 Å². The third kappa shape index (κ3) is 1.77. The van der Waals surface area contributed by atoms with Crippen molar-refractivity contribution in [1.82, 2.24) is 0 Å². The molecule has 0 spiro atoms. The lowest BCUT2D eigenvalue weighted by Gasteiger charge is -2.02. The van der Waals surface area contributed by atoms with Crippen LogP contribution in [-0.4, -0.2) is 5.97 Å². The van der Waals surface area contributed by atoms with Gasteiger partial charge < -0.3 is 4.29 Å². The average molecular weight is 185 g/mol. The Labute approximate surface area is 76.3 Å². The van der Waals surface area contributed by atoms with Crippen LogP contribution in [0.5, 0.6) is 0 Å². The van der Waals surface area contributed by atoms with Gasteiger partial charge in [-0.15, -0.1) is 0 Å². The number of aryl methyl sites for hydroxylation is 2. The van der Waals surface area contributed by atoms with Crippen molar-refractivity contribution in [2.45, 2.75) is 13.8 Å². The lowest BCUT2D eigenvalue weighted by atomic mass is 10.1. The second-order valence-electron chi connectivity index (χ2n) is 2.68. The third-order valence-corrected chi connectivity index (χ3v) is 1.82. The average Bonchev–Trinajstić information content (AvgIpc) is 2.08. The van der Waals surface area contributed by atoms with Gasteiger partial charge in [0, 0.05) is 0 Å². The monoisotopic (exact) mass is 184 g/mol. The number of carbonyl (C=O) groups excluding carboxylic acids is 1. The summed E-state index contributed by atoms with van der Waals surface area (Å²) in [6, 6.07) is 5.54. The molecule has 1 rings (SSSR count). The number of rotatable bonds is 1. The highest BCUT2D eigenvalue weighted by atomic mass is 35.5. The first-order chi connectivity index (χ1) is 5.65. The predicted octanol–water partition coefficient (Wildman–Crippen LogP) is 2.61. The summed E-state index contributed by atoms with van der Waals surface area (Å²) < 4.78 is 4.11. The molecule has 0 radical (unpaired) electrons. The number of halogens is 1. The number of hydrogen-bond acceptors (Lipinski definition) is 2. The molecule has 0 heterocycles. The van der Waals surface area contributed by atoms with E-state index in [-0.39, 0.29) is 0 Å². The van der Waals surface area contributed by atoms with Crippen LogP contribution >= 0.6 is 11.9 Å². The highest BCUT2D eigenvalue weighted by Gasteiger charge is 2.09. The molecule has 0 atom stereocenters. The molecule has 0 saturated heterocycles. The van der Waals surface area contributed by atoms with Crippen molar-refractivity contribution < 1.29 is 9.08 Å². The maximum Gasteiger partial charge on any atom is 0.356 e. The van der Waals surface area contributed by atoms with Crippen LogP contribution in [0.1, 0.15) is 21.5 Å². The normalized spacial score (nSPS) is 9.58. The van der Waals surface area contributed by atoms with Gasteiger partial charge in [0.15, 0.2) is 0 Å². The van der Waals surface area contributed by atoms with E-state index in [9.17, 15) is 4.79 Å². The molecule has 0 fully saturated rings. The molecule has 0 aliphatic rings. The summed E-state index contributed by atoms with van der Waals surface area (Å²) in [7, 11) is 0. The minimum Gasteiger partial charge on any atom is -0.343 e. The molecular formula is C9H9ClO2. The molecule has 0 aromatic heterocycles. The van der Waals surface area contributed by atoms with Gasteiger partial charge >= 0.3 is 5.97 Å². The maximum absolute atomic E-state index is 11.0. The van der Waals surface area contributed by atoms with Crippen LogP contribution in [0.2, 0.25) is 0 Å². The van der Waals surface area contributed by atoms with Gasteiger partial charge in [-0.3, -0.25) is 0 Å². The first kappa shape index (κ1) is 9.07. The smallest absolute Gasteiger partial charge is 0.343 e. The van der Waals surface area contributed by atoms with Crippen LogP contribution in [0.3, 0.4) is 0 Å². The SMILES string of the molecule is Cc1ccc(C)c(C(=O)OCl)c1. The van der Waals surface area contributed by atoms with Gasteiger partial charge in [-0.25, -0.2) is 4.79 Å². The second-order valence-corrected chi connectivity index (χ2v) is 2.84. The fourth-order valence-electron chi connectivity index (χ4n) is 0.997. The summed E-state index contributed by atoms with van der Waals surface area (Å²) in [5.74, 6) is -0.502. The van der Waals surface area contributed by atoms with Crippen molar-refractivity contribution in [3.05, 3.63) is 34.9 Å². The highest BCUT2D eigenvalue weighted by Crippen LogP contribution is 2.12. The molecule has 0 unspecified atom stereocenters. The Morgan fingerprint density at radius 3 is 2.67 bits per heavy atom. The minimum absolute atomic E-state index is 0.502. The van der Waals surface area contributed by atoms with Gasteiger partial charge in [-0.05, 0) is 25.5 Å². The zero-order chi connectivity index (χ0) is 9.14. The summed E-state index contributed by atoms with van der Waals surface area (Å²) in [5.41, 5.74) is 2.40. The van der Waals surface area contributed by atoms with Crippen molar-refractivity contribution in [1.29, 1.82) is 0 Å². The summed E-state index contributed by atoms with van der Waals surface area (Å²) in [4.78, 5) is 11.0. The molecule has 0 amide bonds. The number of benzene rings is 1. The van der Waals surface area contributed by atoms with Crippen LogP contribution < -0.4 is 0 Å². The van der Waals surface area contributed by atoms with Gasteiger partial charge in [-0.2, -0.15) is 0 Å². The van der Waals surface area contributed by atoms with Gasteiger partial charge in [0.05, 0.1) is 5.56 Å². The molecule has 0 aliphatic carbocycles. The summed E-state index contributed by atoms with van der Waals surface area (Å²) in [5, 5.41) is 0. The molecule has 0 bridgehead atoms. The van der Waals surface area contributed by atoms with E-state index in [1.54, 1.807) is 6.07 Å². The van der Waals surface area contributed by atoms with E-state index in [2.05, 4.69) is 4.29 Å². The van der Waals surface area contributed by atoms with Crippen molar-refractivity contribution in [2.24, 2.45) is 0 Å². The lowest BCUT2D eigenvalue weighted by molar-refractivity contribution is 0.0750. The first-order valence-corrected chi connectivity index (χ1v) is 3.86. The largest absolute Gasteiger partial charge is 0.356 e. The Bertz CT molecular complexity index is 307. The van der Waals surface area contributed by atoms with Crippen LogP contribution in [0.15, 0.2) is 18.2 Å². The highest BCUT2D eigenvalue weighted by molar-refractivity contribution is 6.16. The number of hydrogen-bond donors (Lipinski definition) is 0.